The highest BCUT2D eigenvalue weighted by atomic mass is 32.1. The Labute approximate surface area is 249 Å². The zero-order valence-electron chi connectivity index (χ0n) is 23.3. The van der Waals surface area contributed by atoms with Gasteiger partial charge < -0.3 is 13.9 Å². The smallest absolute Gasteiger partial charge is 0.280 e. The summed E-state index contributed by atoms with van der Waals surface area (Å²) in [6.45, 7) is 0. The largest absolute Gasteiger partial charge is 0.493 e. The Kier molecular flexibility index (Phi) is 6.55. The summed E-state index contributed by atoms with van der Waals surface area (Å²) in [7, 11) is 3.19. The number of ether oxygens (including phenoxy) is 2. The number of nitro groups is 1. The molecule has 1 aliphatic heterocycles. The van der Waals surface area contributed by atoms with Gasteiger partial charge in [-0.05, 0) is 59.9 Å². The molecule has 3 aromatic carbocycles. The van der Waals surface area contributed by atoms with Crippen LogP contribution in [0, 0.1) is 10.1 Å². The minimum Gasteiger partial charge on any atom is -0.493 e. The second-order valence-electron chi connectivity index (χ2n) is 10.2. The van der Waals surface area contributed by atoms with Crippen LogP contribution in [0.2, 0.25) is 0 Å². The van der Waals surface area contributed by atoms with Gasteiger partial charge in [0.05, 0.1) is 41.0 Å². The van der Waals surface area contributed by atoms with Gasteiger partial charge in [0.25, 0.3) is 11.2 Å². The molecule has 43 heavy (non-hydrogen) atoms. The van der Waals surface area contributed by atoms with Gasteiger partial charge in [-0.25, -0.2) is 4.99 Å². The Morgan fingerprint density at radius 3 is 2.53 bits per heavy atom. The van der Waals surface area contributed by atoms with Gasteiger partial charge in [0.15, 0.2) is 16.3 Å². The Morgan fingerprint density at radius 2 is 1.74 bits per heavy atom. The van der Waals surface area contributed by atoms with Gasteiger partial charge in [-0.1, -0.05) is 53.8 Å². The number of benzene rings is 3. The molecule has 1 aliphatic carbocycles. The average molecular weight is 592 g/mol. The van der Waals surface area contributed by atoms with Crippen LogP contribution in [0.25, 0.3) is 23.1 Å². The maximum Gasteiger partial charge on any atom is 0.280 e. The molecule has 0 fully saturated rings. The molecule has 2 aliphatic rings. The Bertz CT molecular complexity index is 2140. The number of rotatable bonds is 6. The molecule has 0 bridgehead atoms. The van der Waals surface area contributed by atoms with Crippen molar-refractivity contribution in [3.05, 3.63) is 137 Å². The Morgan fingerprint density at radius 1 is 0.977 bits per heavy atom. The van der Waals surface area contributed by atoms with Gasteiger partial charge in [0, 0.05) is 17.7 Å². The van der Waals surface area contributed by atoms with E-state index in [2.05, 4.69) is 12.1 Å². The minimum absolute atomic E-state index is 0.0523. The van der Waals surface area contributed by atoms with E-state index in [1.807, 2.05) is 30.3 Å². The van der Waals surface area contributed by atoms with Gasteiger partial charge in [-0.15, -0.1) is 0 Å². The van der Waals surface area contributed by atoms with Crippen LogP contribution in [0.3, 0.4) is 0 Å². The molecule has 0 saturated heterocycles. The van der Waals surface area contributed by atoms with E-state index in [0.717, 1.165) is 35.2 Å². The van der Waals surface area contributed by atoms with Crippen LogP contribution in [0.1, 0.15) is 34.9 Å². The average Bonchev–Trinajstić information content (AvgIpc) is 3.63. The first-order valence-corrected chi connectivity index (χ1v) is 14.5. The molecular weight excluding hydrogens is 566 g/mol. The number of thiazole rings is 1. The van der Waals surface area contributed by atoms with Gasteiger partial charge in [-0.3, -0.25) is 19.5 Å². The number of hydrogen-bond donors (Lipinski definition) is 0. The Balaban J connectivity index is 1.40. The minimum atomic E-state index is -0.441. The topological polar surface area (TPSA) is 109 Å². The maximum absolute atomic E-state index is 14.1. The van der Waals surface area contributed by atoms with Crippen molar-refractivity contribution in [2.75, 3.05) is 14.2 Å². The number of methoxy groups -OCH3 is 2. The SMILES string of the molecule is COc1ccc([C@H]2C3=C(N=c4s/c(=C\c5ccc(-c6ccccc6[N+](=O)[O-])o5)c(=O)n42)c2ccccc2CC3)cc1OC. The molecule has 1 atom stereocenters. The zero-order chi connectivity index (χ0) is 29.7. The number of nitro benzene ring substituents is 1. The van der Waals surface area contributed by atoms with Crippen molar-refractivity contribution < 1.29 is 18.8 Å². The van der Waals surface area contributed by atoms with Crippen LogP contribution in [0.4, 0.5) is 5.69 Å². The molecule has 7 rings (SSSR count). The van der Waals surface area contributed by atoms with Gasteiger partial charge >= 0.3 is 0 Å². The van der Waals surface area contributed by atoms with Crippen LogP contribution in [0.5, 0.6) is 11.5 Å². The number of aromatic nitrogens is 1. The summed E-state index contributed by atoms with van der Waals surface area (Å²) in [4.78, 5) is 30.8. The monoisotopic (exact) mass is 591 g/mol. The third kappa shape index (κ3) is 4.47. The molecule has 0 spiro atoms. The molecule has 0 radical (unpaired) electrons. The molecule has 2 aromatic heterocycles. The number of hydrogen-bond acceptors (Lipinski definition) is 8. The number of fused-ring (bicyclic) bond motifs is 3. The van der Waals surface area contributed by atoms with Crippen molar-refractivity contribution in [2.24, 2.45) is 4.99 Å². The molecule has 0 N–H and O–H groups in total. The first-order valence-electron chi connectivity index (χ1n) is 13.7. The van der Waals surface area contributed by atoms with Crippen molar-refractivity contribution in [3.63, 3.8) is 0 Å². The van der Waals surface area contributed by atoms with E-state index in [-0.39, 0.29) is 17.3 Å². The van der Waals surface area contributed by atoms with Crippen LogP contribution in [0.15, 0.2) is 98.6 Å². The van der Waals surface area contributed by atoms with Crippen molar-refractivity contribution in [1.82, 2.24) is 4.57 Å². The van der Waals surface area contributed by atoms with Crippen LogP contribution < -0.4 is 24.4 Å². The molecule has 0 unspecified atom stereocenters. The van der Waals surface area contributed by atoms with Crippen molar-refractivity contribution in [2.45, 2.75) is 18.9 Å². The van der Waals surface area contributed by atoms with E-state index in [9.17, 15) is 14.9 Å². The molecule has 0 amide bonds. The second kappa shape index (κ2) is 10.6. The van der Waals surface area contributed by atoms with E-state index >= 15 is 0 Å². The van der Waals surface area contributed by atoms with Crippen LogP contribution in [-0.4, -0.2) is 23.7 Å². The summed E-state index contributed by atoms with van der Waals surface area (Å²) < 4.78 is 19.3. The highest BCUT2D eigenvalue weighted by Gasteiger charge is 2.33. The molecule has 9 nitrogen and oxygen atoms in total. The fourth-order valence-electron chi connectivity index (χ4n) is 5.89. The zero-order valence-corrected chi connectivity index (χ0v) is 24.1. The predicted octanol–water partition coefficient (Wildman–Crippen LogP) is 5.50. The highest BCUT2D eigenvalue weighted by Crippen LogP contribution is 2.43. The summed E-state index contributed by atoms with van der Waals surface area (Å²) >= 11 is 1.29. The second-order valence-corrected chi connectivity index (χ2v) is 11.2. The van der Waals surface area contributed by atoms with E-state index in [0.29, 0.717) is 37.9 Å². The number of aryl methyl sites for hydroxylation is 1. The first-order chi connectivity index (χ1) is 21.0. The van der Waals surface area contributed by atoms with Gasteiger partial charge in [0.1, 0.15) is 11.5 Å². The van der Waals surface area contributed by atoms with Gasteiger partial charge in [0.2, 0.25) is 0 Å². The molecule has 10 heteroatoms. The van der Waals surface area contributed by atoms with E-state index < -0.39 is 4.92 Å². The summed E-state index contributed by atoms with van der Waals surface area (Å²) in [5.74, 6) is 1.95. The molecule has 5 aromatic rings. The lowest BCUT2D eigenvalue weighted by atomic mass is 9.83. The predicted molar refractivity (Wildman–Crippen MR) is 163 cm³/mol. The van der Waals surface area contributed by atoms with Crippen molar-refractivity contribution in [1.29, 1.82) is 0 Å². The first kappa shape index (κ1) is 26.7. The van der Waals surface area contributed by atoms with E-state index in [1.54, 1.807) is 55.2 Å². The summed E-state index contributed by atoms with van der Waals surface area (Å²) in [6, 6.07) is 23.4. The third-order valence-electron chi connectivity index (χ3n) is 7.86. The number of para-hydroxylation sites is 1. The fourth-order valence-corrected chi connectivity index (χ4v) is 6.87. The van der Waals surface area contributed by atoms with Gasteiger partial charge in [-0.2, -0.15) is 0 Å². The number of furan rings is 1. The summed E-state index contributed by atoms with van der Waals surface area (Å²) in [5, 5.41) is 11.5. The molecule has 214 valence electrons. The Hall–Kier alpha value is -5.22. The molecular formula is C33H25N3O6S. The lowest BCUT2D eigenvalue weighted by Crippen LogP contribution is -2.38. The normalized spacial score (nSPS) is 15.8. The molecule has 3 heterocycles. The summed E-state index contributed by atoms with van der Waals surface area (Å²) in [6.07, 6.45) is 3.28. The van der Waals surface area contributed by atoms with Crippen LogP contribution in [-0.2, 0) is 6.42 Å². The number of allylic oxidation sites excluding steroid dienone is 1. The highest BCUT2D eigenvalue weighted by molar-refractivity contribution is 7.07. The fraction of sp³-hybridized carbons (Fsp3) is 0.152. The van der Waals surface area contributed by atoms with E-state index in [1.165, 1.54) is 23.0 Å². The maximum atomic E-state index is 14.1. The lowest BCUT2D eigenvalue weighted by Gasteiger charge is -2.31. The standard InChI is InChI=1S/C33H25N3O6S/c1-40-27-15-12-20(17-28(27)41-2)31-24-14-11-19-7-3-4-8-22(19)30(24)34-33-35(31)32(37)29(43-33)18-21-13-16-26(42-21)23-9-5-6-10-25(23)36(38)39/h3-10,12-13,15-18,31H,11,14H2,1-2H3/b29-18-/t31-/m0/s1. The quantitative estimate of drug-likeness (QED) is 0.191. The van der Waals surface area contributed by atoms with E-state index in [4.69, 9.17) is 18.9 Å². The summed E-state index contributed by atoms with van der Waals surface area (Å²) in [5.41, 5.74) is 5.28. The van der Waals surface area contributed by atoms with Crippen molar-refractivity contribution in [3.8, 4) is 22.8 Å². The molecule has 0 saturated carbocycles. The number of nitrogens with zero attached hydrogens (tertiary/aromatic N) is 3. The van der Waals surface area contributed by atoms with Crippen LogP contribution >= 0.6 is 11.3 Å². The lowest BCUT2D eigenvalue weighted by molar-refractivity contribution is -0.384. The third-order valence-corrected chi connectivity index (χ3v) is 8.85. The van der Waals surface area contributed by atoms with Crippen molar-refractivity contribution >= 4 is 28.8 Å².